The molecule has 146 valence electrons. The number of methoxy groups -OCH3 is 1. The van der Waals surface area contributed by atoms with Crippen LogP contribution < -0.4 is 5.32 Å². The lowest BCUT2D eigenvalue weighted by atomic mass is 10.2. The quantitative estimate of drug-likeness (QED) is 0.543. The summed E-state index contributed by atoms with van der Waals surface area (Å²) >= 11 is 1.45. The number of carbonyl (C=O) groups excluding carboxylic acids is 1. The van der Waals surface area contributed by atoms with Gasteiger partial charge in [0, 0.05) is 31.6 Å². The Hall–Kier alpha value is -1.74. The van der Waals surface area contributed by atoms with E-state index in [2.05, 4.69) is 10.2 Å². The Morgan fingerprint density at radius 3 is 2.89 bits per heavy atom. The Morgan fingerprint density at radius 2 is 2.11 bits per heavy atom. The Bertz CT molecular complexity index is 768. The number of thioether (sulfide) groups is 1. The maximum Gasteiger partial charge on any atom is 0.230 e. The number of benzene rings is 1. The zero-order valence-electron chi connectivity index (χ0n) is 15.8. The van der Waals surface area contributed by atoms with E-state index in [9.17, 15) is 4.79 Å². The van der Waals surface area contributed by atoms with Gasteiger partial charge in [-0.15, -0.1) is 0 Å². The molecule has 2 heterocycles. The molecule has 8 heteroatoms. The van der Waals surface area contributed by atoms with E-state index < -0.39 is 0 Å². The lowest BCUT2D eigenvalue weighted by molar-refractivity contribution is -0.119. The molecule has 1 aliphatic heterocycles. The monoisotopic (exact) mass is 390 g/mol. The third-order valence-corrected chi connectivity index (χ3v) is 5.24. The molecule has 1 saturated heterocycles. The number of nitrogens with zero attached hydrogens (tertiary/aromatic N) is 3. The second-order valence-electron chi connectivity index (χ2n) is 6.56. The first-order chi connectivity index (χ1) is 13.2. The highest BCUT2D eigenvalue weighted by atomic mass is 32.2. The van der Waals surface area contributed by atoms with E-state index in [1.165, 1.54) is 11.8 Å². The van der Waals surface area contributed by atoms with Gasteiger partial charge in [0.15, 0.2) is 0 Å². The number of carbonyl (C=O) groups is 1. The summed E-state index contributed by atoms with van der Waals surface area (Å²) in [6.45, 7) is 6.38. The molecule has 0 aliphatic carbocycles. The van der Waals surface area contributed by atoms with Crippen molar-refractivity contribution in [3.8, 4) is 0 Å². The topological polar surface area (TPSA) is 76.6 Å². The number of nitrogens with one attached hydrogen (secondary N) is 1. The van der Waals surface area contributed by atoms with Gasteiger partial charge in [-0.3, -0.25) is 9.69 Å². The van der Waals surface area contributed by atoms with Crippen LogP contribution in [0.5, 0.6) is 0 Å². The Balaban J connectivity index is 1.71. The zero-order chi connectivity index (χ0) is 19.1. The summed E-state index contributed by atoms with van der Waals surface area (Å²) < 4.78 is 10.5. The van der Waals surface area contributed by atoms with Crippen LogP contribution in [0.2, 0.25) is 0 Å². The predicted octanol–water partition coefficient (Wildman–Crippen LogP) is 1.71. The molecule has 1 fully saturated rings. The molecule has 3 rings (SSSR count). The van der Waals surface area contributed by atoms with E-state index in [-0.39, 0.29) is 11.9 Å². The van der Waals surface area contributed by atoms with Crippen molar-refractivity contribution in [1.29, 1.82) is 0 Å². The summed E-state index contributed by atoms with van der Waals surface area (Å²) in [6.07, 6.45) is 0. The van der Waals surface area contributed by atoms with Crippen molar-refractivity contribution in [3.05, 3.63) is 30.1 Å². The van der Waals surface area contributed by atoms with Gasteiger partial charge in [0.25, 0.3) is 0 Å². The van der Waals surface area contributed by atoms with Crippen LogP contribution in [0.4, 0.5) is 0 Å². The molecule has 1 unspecified atom stereocenters. The van der Waals surface area contributed by atoms with E-state index in [0.717, 1.165) is 48.1 Å². The molecular formula is C19H26N4O3S. The molecular weight excluding hydrogens is 364 g/mol. The van der Waals surface area contributed by atoms with Crippen molar-refractivity contribution in [1.82, 2.24) is 20.2 Å². The number of aromatic nitrogens is 2. The first-order valence-corrected chi connectivity index (χ1v) is 10.1. The SMILES string of the molecule is COCC(C)NC(=O)CSc1nc(CN2CCOCC2)nc2ccccc12. The number of amides is 1. The number of ether oxygens (including phenoxy) is 2. The molecule has 7 nitrogen and oxygen atoms in total. The molecule has 0 bridgehead atoms. The smallest absolute Gasteiger partial charge is 0.230 e. The molecule has 0 radical (unpaired) electrons. The Morgan fingerprint density at radius 1 is 1.33 bits per heavy atom. The van der Waals surface area contributed by atoms with E-state index in [0.29, 0.717) is 18.9 Å². The number of hydrogen-bond acceptors (Lipinski definition) is 7. The van der Waals surface area contributed by atoms with Crippen LogP contribution in [-0.4, -0.2) is 72.6 Å². The average molecular weight is 391 g/mol. The van der Waals surface area contributed by atoms with Crippen molar-refractivity contribution in [2.24, 2.45) is 0 Å². The molecule has 27 heavy (non-hydrogen) atoms. The maximum absolute atomic E-state index is 12.2. The molecule has 1 atom stereocenters. The average Bonchev–Trinajstić information content (AvgIpc) is 2.67. The lowest BCUT2D eigenvalue weighted by Gasteiger charge is -2.25. The van der Waals surface area contributed by atoms with Crippen LogP contribution in [0.3, 0.4) is 0 Å². The van der Waals surface area contributed by atoms with Crippen LogP contribution in [0.25, 0.3) is 10.9 Å². The molecule has 1 aromatic carbocycles. The third-order valence-electron chi connectivity index (χ3n) is 4.25. The molecule has 1 N–H and O–H groups in total. The molecule has 1 aliphatic rings. The summed E-state index contributed by atoms with van der Waals surface area (Å²) in [4.78, 5) is 23.9. The number of morpholine rings is 1. The van der Waals surface area contributed by atoms with E-state index in [4.69, 9.17) is 19.4 Å². The van der Waals surface area contributed by atoms with Crippen molar-refractivity contribution >= 4 is 28.6 Å². The van der Waals surface area contributed by atoms with E-state index in [1.807, 2.05) is 31.2 Å². The van der Waals surface area contributed by atoms with E-state index in [1.54, 1.807) is 7.11 Å². The fourth-order valence-electron chi connectivity index (χ4n) is 2.98. The molecule has 0 saturated carbocycles. The first-order valence-electron chi connectivity index (χ1n) is 9.12. The van der Waals surface area contributed by atoms with Crippen molar-refractivity contribution in [2.75, 3.05) is 45.8 Å². The van der Waals surface area contributed by atoms with Gasteiger partial charge in [-0.2, -0.15) is 0 Å². The normalized spacial score (nSPS) is 16.4. The van der Waals surface area contributed by atoms with Gasteiger partial charge in [0.2, 0.25) is 5.91 Å². The highest BCUT2D eigenvalue weighted by molar-refractivity contribution is 8.00. The predicted molar refractivity (Wildman–Crippen MR) is 106 cm³/mol. The molecule has 1 amide bonds. The lowest BCUT2D eigenvalue weighted by Crippen LogP contribution is -2.36. The zero-order valence-corrected chi connectivity index (χ0v) is 16.6. The first kappa shape index (κ1) is 20.0. The van der Waals surface area contributed by atoms with Crippen LogP contribution in [0.15, 0.2) is 29.3 Å². The number of fused-ring (bicyclic) bond motifs is 1. The summed E-state index contributed by atoms with van der Waals surface area (Å²) in [5.41, 5.74) is 0.909. The van der Waals surface area contributed by atoms with Crippen molar-refractivity contribution in [2.45, 2.75) is 24.5 Å². The minimum absolute atomic E-state index is 0.0119. The Labute approximate surface area is 163 Å². The van der Waals surface area contributed by atoms with Crippen molar-refractivity contribution in [3.63, 3.8) is 0 Å². The van der Waals surface area contributed by atoms with Gasteiger partial charge < -0.3 is 14.8 Å². The van der Waals surface area contributed by atoms with Gasteiger partial charge in [-0.1, -0.05) is 30.0 Å². The van der Waals surface area contributed by atoms with Crippen LogP contribution in [-0.2, 0) is 20.8 Å². The molecule has 2 aromatic rings. The number of hydrogen-bond donors (Lipinski definition) is 1. The third kappa shape index (κ3) is 5.87. The second-order valence-corrected chi connectivity index (χ2v) is 7.53. The molecule has 1 aromatic heterocycles. The largest absolute Gasteiger partial charge is 0.383 e. The second kappa shape index (κ2) is 9.98. The summed E-state index contributed by atoms with van der Waals surface area (Å²) in [6, 6.07) is 7.92. The van der Waals surface area contributed by atoms with E-state index >= 15 is 0 Å². The molecule has 0 spiro atoms. The van der Waals surface area contributed by atoms with Gasteiger partial charge in [0.1, 0.15) is 10.9 Å². The minimum Gasteiger partial charge on any atom is -0.383 e. The van der Waals surface area contributed by atoms with Crippen LogP contribution >= 0.6 is 11.8 Å². The number of para-hydroxylation sites is 1. The highest BCUT2D eigenvalue weighted by Gasteiger charge is 2.15. The standard InChI is InChI=1S/C19H26N4O3S/c1-14(12-25-2)20-18(24)13-27-19-15-5-3-4-6-16(15)21-17(22-19)11-23-7-9-26-10-8-23/h3-6,14H,7-13H2,1-2H3,(H,20,24). The number of rotatable bonds is 8. The minimum atomic E-state index is -0.0260. The summed E-state index contributed by atoms with van der Waals surface area (Å²) in [7, 11) is 1.63. The van der Waals surface area contributed by atoms with Gasteiger partial charge in [0.05, 0.1) is 37.6 Å². The van der Waals surface area contributed by atoms with Crippen LogP contribution in [0.1, 0.15) is 12.7 Å². The fraction of sp³-hybridized carbons (Fsp3) is 0.526. The van der Waals surface area contributed by atoms with Gasteiger partial charge >= 0.3 is 0 Å². The van der Waals surface area contributed by atoms with Gasteiger partial charge in [-0.05, 0) is 13.0 Å². The summed E-state index contributed by atoms with van der Waals surface area (Å²) in [5.74, 6) is 1.07. The van der Waals surface area contributed by atoms with Gasteiger partial charge in [-0.25, -0.2) is 9.97 Å². The highest BCUT2D eigenvalue weighted by Crippen LogP contribution is 2.25. The maximum atomic E-state index is 12.2. The fourth-order valence-corrected chi connectivity index (χ4v) is 3.82. The van der Waals surface area contributed by atoms with Crippen molar-refractivity contribution < 1.29 is 14.3 Å². The Kier molecular flexibility index (Phi) is 7.40. The summed E-state index contributed by atoms with van der Waals surface area (Å²) in [5, 5.41) is 4.75. The van der Waals surface area contributed by atoms with Crippen LogP contribution in [0, 0.1) is 0 Å².